The van der Waals surface area contributed by atoms with Gasteiger partial charge in [-0.3, -0.25) is 4.79 Å². The number of rotatable bonds is 3. The van der Waals surface area contributed by atoms with Gasteiger partial charge in [-0.2, -0.15) is 0 Å². The van der Waals surface area contributed by atoms with Crippen LogP contribution >= 0.6 is 0 Å². The predicted molar refractivity (Wildman–Crippen MR) is 64.1 cm³/mol. The maximum Gasteiger partial charge on any atom is 0.251 e. The van der Waals surface area contributed by atoms with Gasteiger partial charge in [-0.25, -0.2) is 0 Å². The third kappa shape index (κ3) is 2.88. The lowest BCUT2D eigenvalue weighted by molar-refractivity contribution is 0.0929. The number of carbonyl (C=O) groups is 1. The number of methoxy groups -OCH3 is 1. The molecule has 5 nitrogen and oxygen atoms in total. The molecule has 0 aliphatic carbocycles. The molecule has 1 saturated heterocycles. The molecule has 0 saturated carbocycles. The second kappa shape index (κ2) is 5.05. The third-order valence-electron chi connectivity index (χ3n) is 2.69. The van der Waals surface area contributed by atoms with E-state index < -0.39 is 0 Å². The summed E-state index contributed by atoms with van der Waals surface area (Å²) in [6, 6.07) is 5.07. The fourth-order valence-corrected chi connectivity index (χ4v) is 1.79. The van der Waals surface area contributed by atoms with E-state index in [4.69, 9.17) is 15.2 Å². The van der Waals surface area contributed by atoms with Crippen LogP contribution in [0, 0.1) is 0 Å². The van der Waals surface area contributed by atoms with Crippen molar-refractivity contribution in [3.05, 3.63) is 23.8 Å². The van der Waals surface area contributed by atoms with E-state index in [0.717, 1.165) is 6.42 Å². The Balaban J connectivity index is 2.09. The minimum absolute atomic E-state index is 0.0925. The minimum atomic E-state index is -0.147. The summed E-state index contributed by atoms with van der Waals surface area (Å²) in [5, 5.41) is 2.90. The van der Waals surface area contributed by atoms with E-state index in [-0.39, 0.29) is 11.9 Å². The van der Waals surface area contributed by atoms with Gasteiger partial charge in [0.25, 0.3) is 5.91 Å². The van der Waals surface area contributed by atoms with Gasteiger partial charge in [0.15, 0.2) is 0 Å². The maximum atomic E-state index is 11.9. The molecule has 1 heterocycles. The summed E-state index contributed by atoms with van der Waals surface area (Å²) < 4.78 is 10.3. The number of carbonyl (C=O) groups excluding carboxylic acids is 1. The van der Waals surface area contributed by atoms with Crippen molar-refractivity contribution in [2.45, 2.75) is 12.5 Å². The topological polar surface area (TPSA) is 73.6 Å². The van der Waals surface area contributed by atoms with Crippen LogP contribution in [0.1, 0.15) is 16.8 Å². The number of hydrogen-bond donors (Lipinski definition) is 2. The molecule has 1 fully saturated rings. The zero-order valence-corrected chi connectivity index (χ0v) is 9.73. The fourth-order valence-electron chi connectivity index (χ4n) is 1.79. The molecule has 1 atom stereocenters. The predicted octanol–water partition coefficient (Wildman–Crippen LogP) is 0.796. The molecule has 0 aromatic heterocycles. The molecular weight excluding hydrogens is 220 g/mol. The first kappa shape index (κ1) is 11.7. The number of hydrogen-bond acceptors (Lipinski definition) is 4. The van der Waals surface area contributed by atoms with Gasteiger partial charge in [-0.05, 0) is 18.6 Å². The Labute approximate surface area is 99.9 Å². The lowest BCUT2D eigenvalue weighted by atomic mass is 10.1. The van der Waals surface area contributed by atoms with Crippen molar-refractivity contribution in [3.63, 3.8) is 0 Å². The van der Waals surface area contributed by atoms with Crippen LogP contribution in [0.5, 0.6) is 5.75 Å². The number of nitrogens with one attached hydrogen (secondary N) is 1. The van der Waals surface area contributed by atoms with Crippen LogP contribution < -0.4 is 15.8 Å². The molecule has 1 amide bonds. The summed E-state index contributed by atoms with van der Waals surface area (Å²) >= 11 is 0. The monoisotopic (exact) mass is 236 g/mol. The number of nitrogen functional groups attached to an aromatic ring is 1. The van der Waals surface area contributed by atoms with Crippen LogP contribution in [0.2, 0.25) is 0 Å². The second-order valence-electron chi connectivity index (χ2n) is 4.03. The molecule has 5 heteroatoms. The number of nitrogens with two attached hydrogens (primary N) is 1. The molecule has 92 valence electrons. The van der Waals surface area contributed by atoms with Crippen LogP contribution in [0.15, 0.2) is 18.2 Å². The largest absolute Gasteiger partial charge is 0.497 e. The molecule has 0 bridgehead atoms. The summed E-state index contributed by atoms with van der Waals surface area (Å²) in [5.41, 5.74) is 6.72. The zero-order chi connectivity index (χ0) is 12.3. The first-order valence-corrected chi connectivity index (χ1v) is 5.52. The van der Waals surface area contributed by atoms with Crippen LogP contribution in [-0.4, -0.2) is 32.3 Å². The van der Waals surface area contributed by atoms with E-state index >= 15 is 0 Å². The van der Waals surface area contributed by atoms with Gasteiger partial charge >= 0.3 is 0 Å². The van der Waals surface area contributed by atoms with E-state index in [1.54, 1.807) is 25.3 Å². The first-order valence-electron chi connectivity index (χ1n) is 5.52. The van der Waals surface area contributed by atoms with Crippen molar-refractivity contribution < 1.29 is 14.3 Å². The maximum absolute atomic E-state index is 11.9. The Morgan fingerprint density at radius 2 is 2.35 bits per heavy atom. The van der Waals surface area contributed by atoms with E-state index in [1.165, 1.54) is 0 Å². The van der Waals surface area contributed by atoms with Crippen molar-refractivity contribution in [2.24, 2.45) is 0 Å². The van der Waals surface area contributed by atoms with Crippen LogP contribution in [0.25, 0.3) is 0 Å². The highest BCUT2D eigenvalue weighted by Crippen LogP contribution is 2.18. The van der Waals surface area contributed by atoms with Crippen molar-refractivity contribution in [2.75, 3.05) is 26.1 Å². The molecule has 0 spiro atoms. The normalized spacial score (nSPS) is 19.0. The lowest BCUT2D eigenvalue weighted by Gasteiger charge is -2.11. The first-order chi connectivity index (χ1) is 8.19. The number of amides is 1. The summed E-state index contributed by atoms with van der Waals surface area (Å²) in [6.07, 6.45) is 0.852. The van der Waals surface area contributed by atoms with Crippen molar-refractivity contribution in [3.8, 4) is 5.75 Å². The Kier molecular flexibility index (Phi) is 3.49. The van der Waals surface area contributed by atoms with Crippen molar-refractivity contribution in [1.82, 2.24) is 5.32 Å². The molecular formula is C12H16N2O3. The van der Waals surface area contributed by atoms with Crippen LogP contribution in [-0.2, 0) is 4.74 Å². The van der Waals surface area contributed by atoms with E-state index in [1.807, 2.05) is 0 Å². The van der Waals surface area contributed by atoms with Gasteiger partial charge < -0.3 is 20.5 Å². The quantitative estimate of drug-likeness (QED) is 0.761. The Bertz CT molecular complexity index is 414. The molecule has 1 aliphatic rings. The molecule has 2 rings (SSSR count). The summed E-state index contributed by atoms with van der Waals surface area (Å²) in [4.78, 5) is 11.9. The van der Waals surface area contributed by atoms with E-state index in [9.17, 15) is 4.79 Å². The van der Waals surface area contributed by atoms with Crippen molar-refractivity contribution in [1.29, 1.82) is 0 Å². The standard InChI is InChI=1S/C12H16N2O3/c1-16-11-5-8(4-9(13)6-11)12(15)14-10-2-3-17-7-10/h4-6,10H,2-3,7,13H2,1H3,(H,14,15). The van der Waals surface area contributed by atoms with E-state index in [2.05, 4.69) is 5.32 Å². The Hall–Kier alpha value is -1.75. The molecule has 1 unspecified atom stereocenters. The molecule has 0 radical (unpaired) electrons. The lowest BCUT2D eigenvalue weighted by Crippen LogP contribution is -2.35. The molecule has 3 N–H and O–H groups in total. The number of benzene rings is 1. The highest BCUT2D eigenvalue weighted by Gasteiger charge is 2.19. The Morgan fingerprint density at radius 3 is 3.00 bits per heavy atom. The zero-order valence-electron chi connectivity index (χ0n) is 9.73. The molecule has 1 aliphatic heterocycles. The Morgan fingerprint density at radius 1 is 1.53 bits per heavy atom. The highest BCUT2D eigenvalue weighted by atomic mass is 16.5. The van der Waals surface area contributed by atoms with Crippen molar-refractivity contribution >= 4 is 11.6 Å². The summed E-state index contributed by atoms with van der Waals surface area (Å²) in [5.74, 6) is 0.434. The van der Waals surface area contributed by atoms with Gasteiger partial charge in [-0.15, -0.1) is 0 Å². The fraction of sp³-hybridized carbons (Fsp3) is 0.417. The van der Waals surface area contributed by atoms with E-state index in [0.29, 0.717) is 30.2 Å². The van der Waals surface area contributed by atoms with Crippen LogP contribution in [0.3, 0.4) is 0 Å². The number of anilines is 1. The smallest absolute Gasteiger partial charge is 0.251 e. The van der Waals surface area contributed by atoms with Gasteiger partial charge in [0.1, 0.15) is 5.75 Å². The number of ether oxygens (including phenoxy) is 2. The van der Waals surface area contributed by atoms with Gasteiger partial charge in [0.2, 0.25) is 0 Å². The van der Waals surface area contributed by atoms with Gasteiger partial charge in [0, 0.05) is 23.9 Å². The molecule has 17 heavy (non-hydrogen) atoms. The van der Waals surface area contributed by atoms with Crippen LogP contribution in [0.4, 0.5) is 5.69 Å². The van der Waals surface area contributed by atoms with Gasteiger partial charge in [-0.1, -0.05) is 0 Å². The second-order valence-corrected chi connectivity index (χ2v) is 4.03. The third-order valence-corrected chi connectivity index (χ3v) is 2.69. The molecule has 1 aromatic carbocycles. The summed E-state index contributed by atoms with van der Waals surface area (Å²) in [7, 11) is 1.54. The highest BCUT2D eigenvalue weighted by molar-refractivity contribution is 5.95. The molecule has 1 aromatic rings. The summed E-state index contributed by atoms with van der Waals surface area (Å²) in [6.45, 7) is 1.27. The average molecular weight is 236 g/mol. The minimum Gasteiger partial charge on any atom is -0.497 e. The average Bonchev–Trinajstić information content (AvgIpc) is 2.81. The van der Waals surface area contributed by atoms with Gasteiger partial charge in [0.05, 0.1) is 19.8 Å². The SMILES string of the molecule is COc1cc(N)cc(C(=O)NC2CCOC2)c1.